The van der Waals surface area contributed by atoms with Gasteiger partial charge in [-0.15, -0.1) is 0 Å². The molecule has 6 heteroatoms. The lowest BCUT2D eigenvalue weighted by Crippen LogP contribution is -2.37. The number of aromatic amines is 1. The van der Waals surface area contributed by atoms with Gasteiger partial charge in [0.05, 0.1) is 17.8 Å². The van der Waals surface area contributed by atoms with E-state index in [9.17, 15) is 14.3 Å². The van der Waals surface area contributed by atoms with Crippen LogP contribution in [0.4, 0.5) is 4.39 Å². The van der Waals surface area contributed by atoms with Crippen molar-refractivity contribution >= 4 is 5.91 Å². The highest BCUT2D eigenvalue weighted by Crippen LogP contribution is 2.24. The van der Waals surface area contributed by atoms with E-state index in [1.165, 1.54) is 24.3 Å². The van der Waals surface area contributed by atoms with Crippen LogP contribution >= 0.6 is 0 Å². The Hall–Kier alpha value is -2.21. The SMILES string of the molecule is Cc1n[nH]c(C)c1[C@H](C)CC(=O)N[C@@H](C)[C@H](O)c1ccc(F)cc1. The number of rotatable bonds is 6. The number of amides is 1. The van der Waals surface area contributed by atoms with Crippen molar-refractivity contribution in [3.05, 3.63) is 52.6 Å². The summed E-state index contributed by atoms with van der Waals surface area (Å²) in [4.78, 5) is 12.3. The van der Waals surface area contributed by atoms with Crippen LogP contribution < -0.4 is 5.32 Å². The highest BCUT2D eigenvalue weighted by molar-refractivity contribution is 5.77. The van der Waals surface area contributed by atoms with Crippen LogP contribution in [-0.4, -0.2) is 27.3 Å². The van der Waals surface area contributed by atoms with Crippen LogP contribution in [0.1, 0.15) is 54.8 Å². The van der Waals surface area contributed by atoms with E-state index >= 15 is 0 Å². The van der Waals surface area contributed by atoms with Gasteiger partial charge in [0.1, 0.15) is 5.82 Å². The van der Waals surface area contributed by atoms with Crippen LogP contribution in [0.5, 0.6) is 0 Å². The predicted molar refractivity (Wildman–Crippen MR) is 90.1 cm³/mol. The Morgan fingerprint density at radius 1 is 1.29 bits per heavy atom. The Bertz CT molecular complexity index is 677. The fourth-order valence-corrected chi connectivity index (χ4v) is 3.01. The molecule has 0 bridgehead atoms. The molecule has 3 N–H and O–H groups in total. The van der Waals surface area contributed by atoms with Gasteiger partial charge in [0.2, 0.25) is 5.91 Å². The lowest BCUT2D eigenvalue weighted by molar-refractivity contribution is -0.122. The van der Waals surface area contributed by atoms with Crippen molar-refractivity contribution in [1.82, 2.24) is 15.5 Å². The third-order valence-corrected chi connectivity index (χ3v) is 4.24. The largest absolute Gasteiger partial charge is 0.386 e. The lowest BCUT2D eigenvalue weighted by atomic mass is 9.95. The normalized spacial score (nSPS) is 14.9. The van der Waals surface area contributed by atoms with Gasteiger partial charge in [-0.2, -0.15) is 5.10 Å². The average molecular weight is 333 g/mol. The van der Waals surface area contributed by atoms with Gasteiger partial charge in [0.25, 0.3) is 0 Å². The molecule has 24 heavy (non-hydrogen) atoms. The Kier molecular flexibility index (Phi) is 5.72. The van der Waals surface area contributed by atoms with Gasteiger partial charge in [-0.1, -0.05) is 19.1 Å². The minimum atomic E-state index is -0.887. The highest BCUT2D eigenvalue weighted by Gasteiger charge is 2.22. The van der Waals surface area contributed by atoms with Crippen LogP contribution in [-0.2, 0) is 4.79 Å². The van der Waals surface area contributed by atoms with Gasteiger partial charge < -0.3 is 10.4 Å². The Morgan fingerprint density at radius 3 is 2.46 bits per heavy atom. The van der Waals surface area contributed by atoms with Crippen molar-refractivity contribution in [2.45, 2.75) is 52.2 Å². The van der Waals surface area contributed by atoms with Crippen LogP contribution in [0.3, 0.4) is 0 Å². The minimum absolute atomic E-state index is 0.0268. The standard InChI is InChI=1S/C18H24FN3O2/c1-10(17-11(2)21-22-12(17)3)9-16(23)20-13(4)18(24)14-5-7-15(19)8-6-14/h5-8,10,13,18,24H,9H2,1-4H3,(H,20,23)(H,21,22)/t10-,13+,18+/m1/s1. The topological polar surface area (TPSA) is 78.0 Å². The van der Waals surface area contributed by atoms with Gasteiger partial charge in [-0.05, 0) is 49.9 Å². The zero-order valence-corrected chi connectivity index (χ0v) is 14.4. The predicted octanol–water partition coefficient (Wildman–Crippen LogP) is 2.90. The molecular weight excluding hydrogens is 309 g/mol. The molecule has 0 unspecified atom stereocenters. The van der Waals surface area contributed by atoms with E-state index in [1.807, 2.05) is 20.8 Å². The molecule has 0 aliphatic rings. The van der Waals surface area contributed by atoms with Crippen molar-refractivity contribution in [3.63, 3.8) is 0 Å². The molecule has 2 rings (SSSR count). The molecule has 0 saturated carbocycles. The van der Waals surface area contributed by atoms with E-state index in [-0.39, 0.29) is 17.6 Å². The van der Waals surface area contributed by atoms with Gasteiger partial charge >= 0.3 is 0 Å². The van der Waals surface area contributed by atoms with E-state index in [1.54, 1.807) is 6.92 Å². The van der Waals surface area contributed by atoms with Gasteiger partial charge in [0.15, 0.2) is 0 Å². The molecule has 0 fully saturated rings. The van der Waals surface area contributed by atoms with E-state index in [0.29, 0.717) is 12.0 Å². The molecule has 1 heterocycles. The van der Waals surface area contributed by atoms with Gasteiger partial charge in [-0.25, -0.2) is 4.39 Å². The van der Waals surface area contributed by atoms with E-state index < -0.39 is 12.1 Å². The second-order valence-electron chi connectivity index (χ2n) is 6.31. The summed E-state index contributed by atoms with van der Waals surface area (Å²) in [7, 11) is 0. The summed E-state index contributed by atoms with van der Waals surface area (Å²) in [5.41, 5.74) is 3.48. The summed E-state index contributed by atoms with van der Waals surface area (Å²) in [6, 6.07) is 5.15. The molecule has 1 aromatic carbocycles. The number of aryl methyl sites for hydroxylation is 2. The first-order valence-electron chi connectivity index (χ1n) is 8.04. The molecule has 2 aromatic rings. The van der Waals surface area contributed by atoms with Crippen LogP contribution in [0.15, 0.2) is 24.3 Å². The number of H-pyrrole nitrogens is 1. The van der Waals surface area contributed by atoms with Crippen molar-refractivity contribution in [1.29, 1.82) is 0 Å². The zero-order chi connectivity index (χ0) is 17.9. The smallest absolute Gasteiger partial charge is 0.220 e. The maximum Gasteiger partial charge on any atom is 0.220 e. The summed E-state index contributed by atoms with van der Waals surface area (Å²) in [6.45, 7) is 7.55. The third-order valence-electron chi connectivity index (χ3n) is 4.24. The third kappa shape index (κ3) is 4.20. The first kappa shape index (κ1) is 18.1. The van der Waals surface area contributed by atoms with Crippen LogP contribution in [0.2, 0.25) is 0 Å². The summed E-state index contributed by atoms with van der Waals surface area (Å²) in [5, 5.41) is 20.2. The number of hydrogen-bond acceptors (Lipinski definition) is 3. The lowest BCUT2D eigenvalue weighted by Gasteiger charge is -2.22. The second kappa shape index (κ2) is 7.57. The monoisotopic (exact) mass is 333 g/mol. The summed E-state index contributed by atoms with van der Waals surface area (Å²) in [5.74, 6) is -0.475. The highest BCUT2D eigenvalue weighted by atomic mass is 19.1. The summed E-state index contributed by atoms with van der Waals surface area (Å²) >= 11 is 0. The molecule has 1 amide bonds. The first-order chi connectivity index (χ1) is 11.3. The molecule has 5 nitrogen and oxygen atoms in total. The molecule has 0 radical (unpaired) electrons. The van der Waals surface area contributed by atoms with Crippen LogP contribution in [0.25, 0.3) is 0 Å². The zero-order valence-electron chi connectivity index (χ0n) is 14.4. The number of aliphatic hydroxyl groups is 1. The van der Waals surface area contributed by atoms with Gasteiger partial charge in [0, 0.05) is 12.1 Å². The number of benzene rings is 1. The number of aromatic nitrogens is 2. The Morgan fingerprint density at radius 2 is 1.92 bits per heavy atom. The number of carbonyl (C=O) groups is 1. The summed E-state index contributed by atoms with van der Waals surface area (Å²) < 4.78 is 12.9. The fraction of sp³-hybridized carbons (Fsp3) is 0.444. The van der Waals surface area contributed by atoms with E-state index in [2.05, 4.69) is 15.5 Å². The molecule has 0 aliphatic carbocycles. The number of carbonyl (C=O) groups excluding carboxylic acids is 1. The molecule has 1 aromatic heterocycles. The Balaban J connectivity index is 1.95. The number of aliphatic hydroxyl groups excluding tert-OH is 1. The van der Waals surface area contributed by atoms with Crippen molar-refractivity contribution in [2.75, 3.05) is 0 Å². The van der Waals surface area contributed by atoms with Crippen LogP contribution in [0, 0.1) is 19.7 Å². The van der Waals surface area contributed by atoms with E-state index in [0.717, 1.165) is 17.0 Å². The molecule has 0 saturated heterocycles. The molecule has 3 atom stereocenters. The number of nitrogens with one attached hydrogen (secondary N) is 2. The first-order valence-corrected chi connectivity index (χ1v) is 8.04. The minimum Gasteiger partial charge on any atom is -0.386 e. The molecule has 130 valence electrons. The van der Waals surface area contributed by atoms with Crippen molar-refractivity contribution in [3.8, 4) is 0 Å². The van der Waals surface area contributed by atoms with Crippen molar-refractivity contribution in [2.24, 2.45) is 0 Å². The number of nitrogens with zero attached hydrogens (tertiary/aromatic N) is 1. The molecular formula is C18H24FN3O2. The average Bonchev–Trinajstić information content (AvgIpc) is 2.86. The van der Waals surface area contributed by atoms with E-state index in [4.69, 9.17) is 0 Å². The molecule has 0 spiro atoms. The quantitative estimate of drug-likeness (QED) is 0.760. The molecule has 0 aliphatic heterocycles. The number of hydrogen-bond donors (Lipinski definition) is 3. The Labute approximate surface area is 141 Å². The van der Waals surface area contributed by atoms with Crippen molar-refractivity contribution < 1.29 is 14.3 Å². The maximum atomic E-state index is 12.9. The summed E-state index contributed by atoms with van der Waals surface area (Å²) in [6.07, 6.45) is -0.580. The maximum absolute atomic E-state index is 12.9. The number of halogens is 1. The fourth-order valence-electron chi connectivity index (χ4n) is 3.01. The second-order valence-corrected chi connectivity index (χ2v) is 6.31. The van der Waals surface area contributed by atoms with Gasteiger partial charge in [-0.3, -0.25) is 9.89 Å².